The summed E-state index contributed by atoms with van der Waals surface area (Å²) in [4.78, 5) is 26.3. The van der Waals surface area contributed by atoms with Gasteiger partial charge in [0, 0.05) is 5.69 Å². The lowest BCUT2D eigenvalue weighted by atomic mass is 9.77. The zero-order chi connectivity index (χ0) is 23.5. The minimum absolute atomic E-state index is 0.185. The predicted octanol–water partition coefficient (Wildman–Crippen LogP) is 4.23. The maximum absolute atomic E-state index is 13.3. The van der Waals surface area contributed by atoms with Gasteiger partial charge in [0.15, 0.2) is 0 Å². The zero-order valence-electron chi connectivity index (χ0n) is 19.2. The number of fused-ring (bicyclic) bond motifs is 2. The second kappa shape index (κ2) is 9.24. The van der Waals surface area contributed by atoms with E-state index in [0.717, 1.165) is 11.3 Å². The van der Waals surface area contributed by atoms with Crippen LogP contribution in [0.3, 0.4) is 0 Å². The van der Waals surface area contributed by atoms with Crippen molar-refractivity contribution in [2.45, 2.75) is 44.4 Å². The van der Waals surface area contributed by atoms with Crippen molar-refractivity contribution in [1.29, 1.82) is 0 Å². The number of ether oxygens (including phenoxy) is 3. The molecule has 0 saturated carbocycles. The van der Waals surface area contributed by atoms with E-state index in [1.807, 2.05) is 72.8 Å². The molecule has 6 nitrogen and oxygen atoms in total. The van der Waals surface area contributed by atoms with Crippen LogP contribution >= 0.6 is 0 Å². The van der Waals surface area contributed by atoms with Crippen LogP contribution in [0.1, 0.15) is 26.3 Å². The number of para-hydroxylation sites is 1. The Morgan fingerprint density at radius 2 is 1.45 bits per heavy atom. The summed E-state index contributed by atoms with van der Waals surface area (Å²) in [6.45, 7) is 5.64. The molecular weight excluding hydrogens is 418 g/mol. The van der Waals surface area contributed by atoms with Gasteiger partial charge in [0.1, 0.15) is 11.2 Å². The molecule has 0 spiro atoms. The van der Waals surface area contributed by atoms with E-state index >= 15 is 0 Å². The lowest BCUT2D eigenvalue weighted by molar-refractivity contribution is -0.142. The van der Waals surface area contributed by atoms with Crippen LogP contribution in [-0.4, -0.2) is 42.4 Å². The molecule has 0 fully saturated rings. The van der Waals surface area contributed by atoms with Gasteiger partial charge in [-0.25, -0.2) is 9.59 Å². The van der Waals surface area contributed by atoms with Crippen molar-refractivity contribution >= 4 is 17.6 Å². The van der Waals surface area contributed by atoms with E-state index in [1.54, 1.807) is 20.8 Å². The normalized spacial score (nSPS) is 24.0. The highest BCUT2D eigenvalue weighted by Gasteiger charge is 2.63. The lowest BCUT2D eigenvalue weighted by Crippen LogP contribution is -2.50. The van der Waals surface area contributed by atoms with Crippen molar-refractivity contribution in [2.75, 3.05) is 18.5 Å². The summed E-state index contributed by atoms with van der Waals surface area (Å²) in [5, 5.41) is 3.55. The predicted molar refractivity (Wildman–Crippen MR) is 126 cm³/mol. The van der Waals surface area contributed by atoms with E-state index in [0.29, 0.717) is 6.42 Å². The summed E-state index contributed by atoms with van der Waals surface area (Å²) >= 11 is 0. The molecule has 2 heterocycles. The molecule has 0 aliphatic carbocycles. The van der Waals surface area contributed by atoms with Gasteiger partial charge in [0.05, 0.1) is 30.4 Å². The third kappa shape index (κ3) is 4.18. The molecule has 0 aromatic heterocycles. The molecular formula is C27H29NO5. The third-order valence-corrected chi connectivity index (χ3v) is 6.04. The van der Waals surface area contributed by atoms with E-state index in [2.05, 4.69) is 5.32 Å². The van der Waals surface area contributed by atoms with Gasteiger partial charge >= 0.3 is 11.9 Å². The highest BCUT2D eigenvalue weighted by atomic mass is 16.6. The first-order valence-corrected chi connectivity index (χ1v) is 11.3. The van der Waals surface area contributed by atoms with Crippen LogP contribution in [0.4, 0.5) is 5.69 Å². The Bertz CT molecular complexity index is 1040. The van der Waals surface area contributed by atoms with Crippen LogP contribution in [0.2, 0.25) is 0 Å². The molecule has 4 rings (SSSR count). The van der Waals surface area contributed by atoms with Crippen LogP contribution in [0.15, 0.2) is 84.0 Å². The number of hydrogen-bond donors (Lipinski definition) is 1. The quantitative estimate of drug-likeness (QED) is 0.458. The average Bonchev–Trinajstić information content (AvgIpc) is 3.30. The number of nitrogens with one attached hydrogen (secondary N) is 1. The number of carbonyl (C=O) groups is 2. The third-order valence-electron chi connectivity index (χ3n) is 6.04. The van der Waals surface area contributed by atoms with Crippen LogP contribution in [-0.2, 0) is 30.2 Å². The summed E-state index contributed by atoms with van der Waals surface area (Å²) < 4.78 is 17.3. The molecule has 3 atom stereocenters. The maximum Gasteiger partial charge on any atom is 0.338 e. The first-order chi connectivity index (χ1) is 15.9. The van der Waals surface area contributed by atoms with Crippen molar-refractivity contribution in [3.8, 4) is 0 Å². The lowest BCUT2D eigenvalue weighted by Gasteiger charge is -2.36. The van der Waals surface area contributed by atoms with Crippen molar-refractivity contribution in [3.63, 3.8) is 0 Å². The molecule has 172 valence electrons. The summed E-state index contributed by atoms with van der Waals surface area (Å²) in [5.74, 6) is -1.13. The number of hydrogen-bond acceptors (Lipinski definition) is 6. The molecule has 2 bridgehead atoms. The second-order valence-corrected chi connectivity index (χ2v) is 8.28. The van der Waals surface area contributed by atoms with Gasteiger partial charge in [-0.3, -0.25) is 0 Å². The molecule has 6 heteroatoms. The Labute approximate surface area is 194 Å². The van der Waals surface area contributed by atoms with Gasteiger partial charge < -0.3 is 19.5 Å². The number of anilines is 1. The Kier molecular flexibility index (Phi) is 6.38. The smallest absolute Gasteiger partial charge is 0.338 e. The first kappa shape index (κ1) is 22.8. The van der Waals surface area contributed by atoms with E-state index in [-0.39, 0.29) is 24.4 Å². The largest absolute Gasteiger partial charge is 0.463 e. The van der Waals surface area contributed by atoms with Crippen molar-refractivity contribution in [2.24, 2.45) is 0 Å². The van der Waals surface area contributed by atoms with Crippen LogP contribution < -0.4 is 5.32 Å². The molecule has 2 aliphatic rings. The Hall–Kier alpha value is -3.38. The molecule has 2 aliphatic heterocycles. The molecule has 33 heavy (non-hydrogen) atoms. The fourth-order valence-electron chi connectivity index (χ4n) is 4.64. The number of carbonyl (C=O) groups excluding carboxylic acids is 2. The summed E-state index contributed by atoms with van der Waals surface area (Å²) in [6, 6.07) is 19.3. The van der Waals surface area contributed by atoms with E-state index in [4.69, 9.17) is 14.2 Å². The Morgan fingerprint density at radius 3 is 2.06 bits per heavy atom. The maximum atomic E-state index is 13.3. The topological polar surface area (TPSA) is 73.9 Å². The van der Waals surface area contributed by atoms with Crippen molar-refractivity contribution in [1.82, 2.24) is 0 Å². The van der Waals surface area contributed by atoms with E-state index < -0.39 is 29.2 Å². The standard InChI is InChI=1S/C27H29NO5/c1-4-31-24(29)22-23(25(30)32-5-2)27(17-16-26(22,3)33-27)21(18-19-12-8-6-9-13-19)28-20-14-10-7-11-15-20/h6-17,21,28H,4-5,18H2,1-3H3. The minimum Gasteiger partial charge on any atom is -0.463 e. The van der Waals surface area contributed by atoms with Crippen LogP contribution in [0, 0.1) is 0 Å². The minimum atomic E-state index is -1.20. The van der Waals surface area contributed by atoms with Gasteiger partial charge in [-0.15, -0.1) is 0 Å². The van der Waals surface area contributed by atoms with Gasteiger partial charge in [0.2, 0.25) is 0 Å². The fraction of sp³-hybridized carbons (Fsp3) is 0.333. The number of benzene rings is 2. The van der Waals surface area contributed by atoms with E-state index in [1.165, 1.54) is 0 Å². The number of esters is 2. The van der Waals surface area contributed by atoms with Crippen LogP contribution in [0.5, 0.6) is 0 Å². The van der Waals surface area contributed by atoms with Gasteiger partial charge in [-0.1, -0.05) is 48.5 Å². The van der Waals surface area contributed by atoms with Crippen LogP contribution in [0.25, 0.3) is 0 Å². The molecule has 2 aromatic carbocycles. The average molecular weight is 448 g/mol. The second-order valence-electron chi connectivity index (χ2n) is 8.28. The zero-order valence-corrected chi connectivity index (χ0v) is 19.2. The summed E-state index contributed by atoms with van der Waals surface area (Å²) in [7, 11) is 0. The monoisotopic (exact) mass is 447 g/mol. The molecule has 0 saturated heterocycles. The molecule has 3 unspecified atom stereocenters. The Balaban J connectivity index is 1.85. The van der Waals surface area contributed by atoms with Gasteiger partial charge in [-0.05, 0) is 57.0 Å². The Morgan fingerprint density at radius 1 is 0.879 bits per heavy atom. The highest BCUT2D eigenvalue weighted by molar-refractivity contribution is 6.06. The summed E-state index contributed by atoms with van der Waals surface area (Å²) in [6.07, 6.45) is 4.27. The molecule has 0 amide bonds. The van der Waals surface area contributed by atoms with E-state index in [9.17, 15) is 9.59 Å². The van der Waals surface area contributed by atoms with Crippen molar-refractivity contribution < 1.29 is 23.8 Å². The first-order valence-electron chi connectivity index (χ1n) is 11.3. The molecule has 1 N–H and O–H groups in total. The molecule has 2 aromatic rings. The SMILES string of the molecule is CCOC(=O)C1=C(C(=O)OCC)C2(C(Cc3ccccc3)Nc3ccccc3)C=CC1(C)O2. The number of rotatable bonds is 9. The van der Waals surface area contributed by atoms with Gasteiger partial charge in [0.25, 0.3) is 0 Å². The summed E-state index contributed by atoms with van der Waals surface area (Å²) in [5.41, 5.74) is 0.0801. The van der Waals surface area contributed by atoms with Crippen molar-refractivity contribution in [3.05, 3.63) is 89.5 Å². The highest BCUT2D eigenvalue weighted by Crippen LogP contribution is 2.53. The molecule has 0 radical (unpaired) electrons. The van der Waals surface area contributed by atoms with Gasteiger partial charge in [-0.2, -0.15) is 0 Å². The fourth-order valence-corrected chi connectivity index (χ4v) is 4.64.